The molecule has 1 aliphatic rings. The highest BCUT2D eigenvalue weighted by Crippen LogP contribution is 2.18. The minimum Gasteiger partial charge on any atom is -0.356 e. The van der Waals surface area contributed by atoms with Gasteiger partial charge in [-0.25, -0.2) is 8.78 Å². The van der Waals surface area contributed by atoms with Gasteiger partial charge in [0.1, 0.15) is 0 Å². The molecule has 0 saturated carbocycles. The van der Waals surface area contributed by atoms with E-state index >= 15 is 0 Å². The van der Waals surface area contributed by atoms with Crippen molar-refractivity contribution < 1.29 is 8.78 Å². The average Bonchev–Trinajstić information content (AvgIpc) is 3.08. The zero-order valence-electron chi connectivity index (χ0n) is 16.0. The fourth-order valence-corrected chi connectivity index (χ4v) is 3.40. The van der Waals surface area contributed by atoms with Gasteiger partial charge in [-0.2, -0.15) is 0 Å². The summed E-state index contributed by atoms with van der Waals surface area (Å²) in [5.74, 6) is -0.0432. The monoisotopic (exact) mass is 480 g/mol. The van der Waals surface area contributed by atoms with Crippen LogP contribution in [0.2, 0.25) is 0 Å². The third-order valence-electron chi connectivity index (χ3n) is 4.92. The van der Waals surface area contributed by atoms with Crippen molar-refractivity contribution in [2.45, 2.75) is 26.7 Å². The molecule has 1 atom stereocenters. The Hall–Kier alpha value is -0.960. The molecular weight excluding hydrogens is 449 g/mol. The summed E-state index contributed by atoms with van der Waals surface area (Å²) in [6.07, 6.45) is 1.59. The van der Waals surface area contributed by atoms with Crippen LogP contribution in [0, 0.1) is 17.6 Å². The first kappa shape index (κ1) is 23.1. The van der Waals surface area contributed by atoms with Crippen LogP contribution in [0.15, 0.2) is 23.2 Å². The van der Waals surface area contributed by atoms with E-state index < -0.39 is 11.6 Å². The number of nitrogens with one attached hydrogen (secondary N) is 1. The Morgan fingerprint density at radius 3 is 2.69 bits per heavy atom. The Bertz CT molecular complexity index is 579. The highest BCUT2D eigenvalue weighted by molar-refractivity contribution is 14.0. The number of hydrogen-bond acceptors (Lipinski definition) is 2. The first-order valence-electron chi connectivity index (χ1n) is 9.19. The predicted molar refractivity (Wildman–Crippen MR) is 114 cm³/mol. The second-order valence-corrected chi connectivity index (χ2v) is 6.52. The van der Waals surface area contributed by atoms with E-state index in [1.807, 2.05) is 0 Å². The van der Waals surface area contributed by atoms with Gasteiger partial charge in [-0.1, -0.05) is 26.0 Å². The number of likely N-dealkylation sites (tertiary alicyclic amines) is 1. The summed E-state index contributed by atoms with van der Waals surface area (Å²) in [4.78, 5) is 9.06. The molecule has 0 amide bonds. The molecule has 1 heterocycles. The minimum absolute atomic E-state index is 0. The highest BCUT2D eigenvalue weighted by atomic mass is 127. The molecule has 148 valence electrons. The van der Waals surface area contributed by atoms with Crippen molar-refractivity contribution in [3.63, 3.8) is 0 Å². The van der Waals surface area contributed by atoms with E-state index in [0.717, 1.165) is 51.2 Å². The maximum Gasteiger partial charge on any atom is 0.193 e. The summed E-state index contributed by atoms with van der Waals surface area (Å²) in [7, 11) is 1.77. The molecule has 1 N–H and O–H groups in total. The summed E-state index contributed by atoms with van der Waals surface area (Å²) in [5.41, 5.74) is 0.392. The van der Waals surface area contributed by atoms with Gasteiger partial charge in [0.25, 0.3) is 0 Å². The summed E-state index contributed by atoms with van der Waals surface area (Å²) < 4.78 is 27.0. The molecule has 7 heteroatoms. The Morgan fingerprint density at radius 2 is 2.04 bits per heavy atom. The van der Waals surface area contributed by atoms with Crippen LogP contribution in [-0.4, -0.2) is 62.1 Å². The third kappa shape index (κ3) is 6.33. The number of hydrogen-bond donors (Lipinski definition) is 1. The second-order valence-electron chi connectivity index (χ2n) is 6.52. The molecule has 0 radical (unpaired) electrons. The lowest BCUT2D eigenvalue weighted by molar-refractivity contribution is 0.255. The van der Waals surface area contributed by atoms with Crippen LogP contribution >= 0.6 is 24.0 Å². The average molecular weight is 480 g/mol. The molecule has 1 aromatic carbocycles. The lowest BCUT2D eigenvalue weighted by Crippen LogP contribution is -2.41. The first-order chi connectivity index (χ1) is 12.1. The van der Waals surface area contributed by atoms with Gasteiger partial charge in [0.2, 0.25) is 0 Å². The maximum absolute atomic E-state index is 13.7. The first-order valence-corrected chi connectivity index (χ1v) is 9.19. The van der Waals surface area contributed by atoms with Crippen LogP contribution in [0.3, 0.4) is 0 Å². The number of nitrogens with zero attached hydrogens (tertiary/aromatic N) is 3. The zero-order valence-corrected chi connectivity index (χ0v) is 18.3. The van der Waals surface area contributed by atoms with E-state index in [0.29, 0.717) is 24.4 Å². The van der Waals surface area contributed by atoms with Crippen LogP contribution < -0.4 is 5.32 Å². The van der Waals surface area contributed by atoms with Crippen LogP contribution in [-0.2, 0) is 6.42 Å². The van der Waals surface area contributed by atoms with Crippen molar-refractivity contribution in [1.82, 2.24) is 15.1 Å². The van der Waals surface area contributed by atoms with Gasteiger partial charge < -0.3 is 15.1 Å². The molecule has 0 aromatic heterocycles. The Morgan fingerprint density at radius 1 is 1.31 bits per heavy atom. The fourth-order valence-electron chi connectivity index (χ4n) is 3.40. The lowest BCUT2D eigenvalue weighted by Gasteiger charge is -2.24. The Balaban J connectivity index is 0.00000338. The topological polar surface area (TPSA) is 30.9 Å². The molecule has 1 saturated heterocycles. The molecule has 0 bridgehead atoms. The minimum atomic E-state index is -0.791. The van der Waals surface area contributed by atoms with Crippen molar-refractivity contribution in [2.24, 2.45) is 10.9 Å². The lowest BCUT2D eigenvalue weighted by atomic mass is 10.1. The predicted octanol–water partition coefficient (Wildman–Crippen LogP) is 3.36. The van der Waals surface area contributed by atoms with E-state index in [9.17, 15) is 8.78 Å². The van der Waals surface area contributed by atoms with Crippen molar-refractivity contribution >= 4 is 29.9 Å². The smallest absolute Gasteiger partial charge is 0.193 e. The Labute approximate surface area is 173 Å². The molecule has 4 nitrogen and oxygen atoms in total. The molecule has 2 rings (SSSR count). The van der Waals surface area contributed by atoms with Gasteiger partial charge in [0.15, 0.2) is 17.6 Å². The second kappa shape index (κ2) is 11.7. The molecule has 1 aliphatic heterocycles. The van der Waals surface area contributed by atoms with Crippen molar-refractivity contribution in [3.05, 3.63) is 35.4 Å². The van der Waals surface area contributed by atoms with Crippen LogP contribution in [0.4, 0.5) is 8.78 Å². The molecule has 26 heavy (non-hydrogen) atoms. The van der Waals surface area contributed by atoms with E-state index in [-0.39, 0.29) is 24.0 Å². The quantitative estimate of drug-likeness (QED) is 0.369. The summed E-state index contributed by atoms with van der Waals surface area (Å²) in [6.45, 7) is 10.2. The molecule has 1 aromatic rings. The normalized spacial score (nSPS) is 17.5. The van der Waals surface area contributed by atoms with Crippen LogP contribution in [0.5, 0.6) is 0 Å². The number of halogens is 3. The van der Waals surface area contributed by atoms with Crippen molar-refractivity contribution in [2.75, 3.05) is 46.3 Å². The van der Waals surface area contributed by atoms with Gasteiger partial charge in [0.05, 0.1) is 0 Å². The summed E-state index contributed by atoms with van der Waals surface area (Å²) in [6, 6.07) is 4.31. The van der Waals surface area contributed by atoms with Gasteiger partial charge in [-0.15, -0.1) is 24.0 Å². The van der Waals surface area contributed by atoms with Crippen molar-refractivity contribution in [1.29, 1.82) is 0 Å². The SMILES string of the molecule is CCN(CC)CC1CCN(C(=NC)NCCc2cccc(F)c2F)C1.I. The molecule has 0 aliphatic carbocycles. The molecule has 1 fully saturated rings. The van der Waals surface area contributed by atoms with Crippen LogP contribution in [0.25, 0.3) is 0 Å². The zero-order chi connectivity index (χ0) is 18.2. The van der Waals surface area contributed by atoms with E-state index in [1.54, 1.807) is 19.2 Å². The largest absolute Gasteiger partial charge is 0.356 e. The third-order valence-corrected chi connectivity index (χ3v) is 4.92. The standard InChI is InChI=1S/C19H30F2N4.HI/c1-4-24(5-2)13-15-10-12-25(14-15)19(22-3)23-11-9-16-7-6-8-17(20)18(16)21;/h6-8,15H,4-5,9-14H2,1-3H3,(H,22,23);1H. The van der Waals surface area contributed by atoms with E-state index in [2.05, 4.69) is 34.0 Å². The summed E-state index contributed by atoms with van der Waals surface area (Å²) in [5, 5.41) is 3.28. The van der Waals surface area contributed by atoms with E-state index in [1.165, 1.54) is 0 Å². The van der Waals surface area contributed by atoms with Gasteiger partial charge in [0, 0.05) is 33.2 Å². The molecular formula is C19H31F2IN4. The van der Waals surface area contributed by atoms with Gasteiger partial charge in [-0.3, -0.25) is 4.99 Å². The van der Waals surface area contributed by atoms with E-state index in [4.69, 9.17) is 0 Å². The Kier molecular flexibility index (Phi) is 10.4. The molecule has 0 spiro atoms. The van der Waals surface area contributed by atoms with Gasteiger partial charge >= 0.3 is 0 Å². The van der Waals surface area contributed by atoms with Crippen LogP contribution in [0.1, 0.15) is 25.8 Å². The maximum atomic E-state index is 13.7. The van der Waals surface area contributed by atoms with Gasteiger partial charge in [-0.05, 0) is 43.5 Å². The van der Waals surface area contributed by atoms with Crippen molar-refractivity contribution in [3.8, 4) is 0 Å². The number of rotatable bonds is 7. The summed E-state index contributed by atoms with van der Waals surface area (Å²) >= 11 is 0. The molecule has 1 unspecified atom stereocenters. The highest BCUT2D eigenvalue weighted by Gasteiger charge is 2.25. The number of guanidine groups is 1. The fraction of sp³-hybridized carbons (Fsp3) is 0.632. The number of benzene rings is 1. The number of aliphatic imine (C=N–C) groups is 1.